The first-order chi connectivity index (χ1) is 16.4. The van der Waals surface area contributed by atoms with E-state index >= 15 is 0 Å². The van der Waals surface area contributed by atoms with Crippen LogP contribution in [0.2, 0.25) is 0 Å². The monoisotopic (exact) mass is 470 g/mol. The second-order valence-corrected chi connectivity index (χ2v) is 9.29. The molecule has 3 saturated heterocycles. The van der Waals surface area contributed by atoms with E-state index in [9.17, 15) is 19.5 Å². The largest absolute Gasteiger partial charge is 0.466 e. The van der Waals surface area contributed by atoms with Gasteiger partial charge in [0, 0.05) is 13.1 Å². The van der Waals surface area contributed by atoms with Crippen LogP contribution in [0, 0.1) is 11.8 Å². The highest BCUT2D eigenvalue weighted by molar-refractivity contribution is 5.98. The first-order valence-corrected chi connectivity index (χ1v) is 12.1. The molecular formula is C26H34N2O6. The van der Waals surface area contributed by atoms with E-state index in [1.54, 1.807) is 17.9 Å². The third-order valence-corrected chi connectivity index (χ3v) is 7.48. The molecule has 3 aliphatic heterocycles. The van der Waals surface area contributed by atoms with Gasteiger partial charge in [0.05, 0.1) is 37.2 Å². The summed E-state index contributed by atoms with van der Waals surface area (Å²) < 4.78 is 11.7. The highest BCUT2D eigenvalue weighted by atomic mass is 16.6. The third-order valence-electron chi connectivity index (χ3n) is 7.48. The number of aliphatic hydroxyl groups excluding tert-OH is 1. The second-order valence-electron chi connectivity index (χ2n) is 9.29. The van der Waals surface area contributed by atoms with Crippen LogP contribution in [0.3, 0.4) is 0 Å². The van der Waals surface area contributed by atoms with E-state index in [1.165, 1.54) is 4.90 Å². The number of carbonyl (C=O) groups is 3. The topological polar surface area (TPSA) is 96.4 Å². The van der Waals surface area contributed by atoms with Crippen LogP contribution in [0.1, 0.15) is 38.7 Å². The predicted octanol–water partition coefficient (Wildman–Crippen LogP) is 1.91. The number of likely N-dealkylation sites (tertiary alicyclic amines) is 1. The Hall–Kier alpha value is -2.71. The van der Waals surface area contributed by atoms with Gasteiger partial charge in [0.2, 0.25) is 11.8 Å². The van der Waals surface area contributed by atoms with Crippen molar-refractivity contribution in [2.75, 3.05) is 19.8 Å². The van der Waals surface area contributed by atoms with E-state index in [0.717, 1.165) is 5.56 Å². The first-order valence-electron chi connectivity index (χ1n) is 12.1. The molecule has 0 unspecified atom stereocenters. The maximum absolute atomic E-state index is 14.2. The molecule has 8 nitrogen and oxygen atoms in total. The average molecular weight is 471 g/mol. The Kier molecular flexibility index (Phi) is 7.09. The zero-order chi connectivity index (χ0) is 24.5. The molecule has 1 spiro atoms. The molecular weight excluding hydrogens is 436 g/mol. The number of nitrogens with zero attached hydrogens (tertiary/aromatic N) is 2. The molecule has 0 radical (unpaired) electrons. The SMILES string of the molecule is C=CCN(Cc1ccccc1)C(=O)[C@H]1N([C@@H](CC)CO)C(=O)[C@@H]2[C@@H](C(=O)OCC)[C@H]3CC[C@]21O3. The Morgan fingerprint density at radius 1 is 1.35 bits per heavy atom. The van der Waals surface area contributed by atoms with Crippen molar-refractivity contribution in [1.82, 2.24) is 9.80 Å². The van der Waals surface area contributed by atoms with Gasteiger partial charge in [-0.05, 0) is 31.7 Å². The summed E-state index contributed by atoms with van der Waals surface area (Å²) in [7, 11) is 0. The lowest BCUT2D eigenvalue weighted by atomic mass is 9.70. The highest BCUT2D eigenvalue weighted by Gasteiger charge is 2.75. The summed E-state index contributed by atoms with van der Waals surface area (Å²) in [5, 5.41) is 10.1. The number of esters is 1. The lowest BCUT2D eigenvalue weighted by molar-refractivity contribution is -0.156. The Balaban J connectivity index is 1.75. The molecule has 1 aromatic rings. The number of amides is 2. The Bertz CT molecular complexity index is 932. The molecule has 4 rings (SSSR count). The summed E-state index contributed by atoms with van der Waals surface area (Å²) in [6.45, 7) is 8.00. The molecule has 2 bridgehead atoms. The van der Waals surface area contributed by atoms with Gasteiger partial charge in [-0.2, -0.15) is 0 Å². The highest BCUT2D eigenvalue weighted by Crippen LogP contribution is 2.59. The maximum Gasteiger partial charge on any atom is 0.312 e. The molecule has 34 heavy (non-hydrogen) atoms. The second kappa shape index (κ2) is 9.88. The van der Waals surface area contributed by atoms with Gasteiger partial charge in [0.1, 0.15) is 11.6 Å². The minimum Gasteiger partial charge on any atom is -0.466 e. The van der Waals surface area contributed by atoms with Gasteiger partial charge < -0.3 is 24.4 Å². The van der Waals surface area contributed by atoms with Gasteiger partial charge in [0.25, 0.3) is 0 Å². The van der Waals surface area contributed by atoms with Crippen molar-refractivity contribution in [3.8, 4) is 0 Å². The number of carbonyl (C=O) groups excluding carboxylic acids is 3. The minimum absolute atomic E-state index is 0.209. The lowest BCUT2D eigenvalue weighted by Gasteiger charge is -2.39. The van der Waals surface area contributed by atoms with E-state index in [4.69, 9.17) is 9.47 Å². The zero-order valence-corrected chi connectivity index (χ0v) is 19.9. The van der Waals surface area contributed by atoms with Crippen LogP contribution in [0.15, 0.2) is 43.0 Å². The normalized spacial score (nSPS) is 30.2. The van der Waals surface area contributed by atoms with Crippen LogP contribution in [0.4, 0.5) is 0 Å². The van der Waals surface area contributed by atoms with Crippen molar-refractivity contribution in [2.45, 2.75) is 63.4 Å². The Labute approximate surface area is 200 Å². The van der Waals surface area contributed by atoms with Gasteiger partial charge in [-0.1, -0.05) is 43.3 Å². The molecule has 8 heteroatoms. The fourth-order valence-electron chi connectivity index (χ4n) is 6.05. The zero-order valence-electron chi connectivity index (χ0n) is 19.9. The number of fused-ring (bicyclic) bond motifs is 1. The summed E-state index contributed by atoms with van der Waals surface area (Å²) >= 11 is 0. The molecule has 0 aromatic heterocycles. The summed E-state index contributed by atoms with van der Waals surface area (Å²) in [5.41, 5.74) is -0.146. The molecule has 1 N–H and O–H groups in total. The van der Waals surface area contributed by atoms with Crippen molar-refractivity contribution in [3.05, 3.63) is 48.6 Å². The quantitative estimate of drug-likeness (QED) is 0.415. The van der Waals surface area contributed by atoms with Crippen molar-refractivity contribution < 1.29 is 29.0 Å². The van der Waals surface area contributed by atoms with Crippen LogP contribution >= 0.6 is 0 Å². The van der Waals surface area contributed by atoms with Gasteiger partial charge in [0.15, 0.2) is 0 Å². The predicted molar refractivity (Wildman–Crippen MR) is 124 cm³/mol. The Morgan fingerprint density at radius 3 is 2.71 bits per heavy atom. The van der Waals surface area contributed by atoms with Crippen molar-refractivity contribution >= 4 is 17.8 Å². The van der Waals surface area contributed by atoms with E-state index in [0.29, 0.717) is 32.4 Å². The molecule has 3 aliphatic rings. The molecule has 184 valence electrons. The smallest absolute Gasteiger partial charge is 0.312 e. The average Bonchev–Trinajstić information content (AvgIpc) is 3.48. The van der Waals surface area contributed by atoms with Crippen molar-refractivity contribution in [3.63, 3.8) is 0 Å². The van der Waals surface area contributed by atoms with Crippen LogP contribution in [0.25, 0.3) is 0 Å². The minimum atomic E-state index is -1.10. The number of benzene rings is 1. The van der Waals surface area contributed by atoms with Crippen LogP contribution in [-0.2, 0) is 30.4 Å². The van der Waals surface area contributed by atoms with E-state index in [-0.39, 0.29) is 25.0 Å². The number of rotatable bonds is 10. The lowest BCUT2D eigenvalue weighted by Crippen LogP contribution is -2.58. The van der Waals surface area contributed by atoms with E-state index in [1.807, 2.05) is 37.3 Å². The number of ether oxygens (including phenoxy) is 2. The van der Waals surface area contributed by atoms with Crippen molar-refractivity contribution in [2.24, 2.45) is 11.8 Å². The molecule has 2 amide bonds. The van der Waals surface area contributed by atoms with Crippen LogP contribution in [-0.4, -0.2) is 76.2 Å². The first kappa shape index (κ1) is 24.4. The number of hydrogen-bond acceptors (Lipinski definition) is 6. The molecule has 0 saturated carbocycles. The van der Waals surface area contributed by atoms with Gasteiger partial charge in [-0.3, -0.25) is 14.4 Å². The van der Waals surface area contributed by atoms with Gasteiger partial charge in [-0.15, -0.1) is 6.58 Å². The Morgan fingerprint density at radius 2 is 2.09 bits per heavy atom. The third kappa shape index (κ3) is 3.82. The summed E-state index contributed by atoms with van der Waals surface area (Å²) in [6.07, 6.45) is 2.78. The standard InChI is InChI=1S/C26H34N2O6/c1-4-14-27(15-17-10-8-7-9-11-17)24(31)22-26-13-12-19(34-26)20(25(32)33-6-3)21(26)23(30)28(22)18(5-2)16-29/h4,7-11,18-22,29H,1,5-6,12-16H2,2-3H3/t18-,19+,20-,21-,22+,26-/m0/s1. The number of hydrogen-bond donors (Lipinski definition) is 1. The number of aliphatic hydroxyl groups is 1. The molecule has 3 fully saturated rings. The van der Waals surface area contributed by atoms with Gasteiger partial charge in [-0.25, -0.2) is 0 Å². The van der Waals surface area contributed by atoms with Gasteiger partial charge >= 0.3 is 5.97 Å². The van der Waals surface area contributed by atoms with E-state index in [2.05, 4.69) is 6.58 Å². The maximum atomic E-state index is 14.2. The van der Waals surface area contributed by atoms with Crippen LogP contribution in [0.5, 0.6) is 0 Å². The summed E-state index contributed by atoms with van der Waals surface area (Å²) in [6, 6.07) is 8.16. The summed E-state index contributed by atoms with van der Waals surface area (Å²) in [4.78, 5) is 44.0. The fourth-order valence-corrected chi connectivity index (χ4v) is 6.05. The van der Waals surface area contributed by atoms with Crippen molar-refractivity contribution in [1.29, 1.82) is 0 Å². The molecule has 3 heterocycles. The fraction of sp³-hybridized carbons (Fsp3) is 0.577. The van der Waals surface area contributed by atoms with Crippen LogP contribution < -0.4 is 0 Å². The molecule has 6 atom stereocenters. The molecule has 1 aromatic carbocycles. The molecule has 0 aliphatic carbocycles. The van der Waals surface area contributed by atoms with E-state index < -0.39 is 41.6 Å². The summed E-state index contributed by atoms with van der Waals surface area (Å²) in [5.74, 6) is -2.54.